The Kier molecular flexibility index (Phi) is 7.88. The third-order valence-corrected chi connectivity index (χ3v) is 5.48. The fourth-order valence-corrected chi connectivity index (χ4v) is 3.56. The van der Waals surface area contributed by atoms with Crippen molar-refractivity contribution in [2.24, 2.45) is 5.73 Å². The predicted molar refractivity (Wildman–Crippen MR) is 120 cm³/mol. The number of benzene rings is 1. The molecule has 8 nitrogen and oxygen atoms in total. The first kappa shape index (κ1) is 24.5. The van der Waals surface area contributed by atoms with E-state index in [4.69, 9.17) is 10.5 Å². The molecule has 0 unspecified atom stereocenters. The standard InChI is InChI=1S/C22H22BrF2N5O3/c1-13-5-19(33-12-14-3-4-15(24)6-18(14)25)21(23)22(32)30(13)10-17-8-27-16(7-28-17)9-29(2)11-20(26)31/h3-8H,9-12H2,1-2H3,(H2,26,31). The van der Waals surface area contributed by atoms with Gasteiger partial charge in [0.25, 0.3) is 5.56 Å². The molecule has 0 atom stereocenters. The van der Waals surface area contributed by atoms with Crippen molar-refractivity contribution in [3.05, 3.63) is 85.8 Å². The Morgan fingerprint density at radius 2 is 1.91 bits per heavy atom. The van der Waals surface area contributed by atoms with Gasteiger partial charge in [-0.25, -0.2) is 8.78 Å². The van der Waals surface area contributed by atoms with Crippen LogP contribution in [0, 0.1) is 18.6 Å². The van der Waals surface area contributed by atoms with Gasteiger partial charge in [0.1, 0.15) is 28.5 Å². The predicted octanol–water partition coefficient (Wildman–Crippen LogP) is 2.53. The van der Waals surface area contributed by atoms with Gasteiger partial charge in [0, 0.05) is 29.9 Å². The van der Waals surface area contributed by atoms with E-state index in [1.54, 1.807) is 37.3 Å². The van der Waals surface area contributed by atoms with E-state index in [2.05, 4.69) is 25.9 Å². The highest BCUT2D eigenvalue weighted by atomic mass is 79.9. The molecular formula is C22H22BrF2N5O3. The lowest BCUT2D eigenvalue weighted by Gasteiger charge is -2.15. The second kappa shape index (κ2) is 10.6. The number of hydrogen-bond donors (Lipinski definition) is 1. The summed E-state index contributed by atoms with van der Waals surface area (Å²) in [6, 6.07) is 4.86. The minimum Gasteiger partial charge on any atom is -0.487 e. The first-order valence-electron chi connectivity index (χ1n) is 9.87. The van der Waals surface area contributed by atoms with Gasteiger partial charge in [0.15, 0.2) is 0 Å². The number of carbonyl (C=O) groups is 1. The molecule has 0 bridgehead atoms. The van der Waals surface area contributed by atoms with Gasteiger partial charge < -0.3 is 15.0 Å². The molecule has 1 amide bonds. The van der Waals surface area contributed by atoms with E-state index in [1.807, 2.05) is 0 Å². The lowest BCUT2D eigenvalue weighted by Crippen LogP contribution is -2.30. The van der Waals surface area contributed by atoms with Gasteiger partial charge >= 0.3 is 0 Å². The molecule has 0 aliphatic carbocycles. The van der Waals surface area contributed by atoms with Crippen LogP contribution in [0.5, 0.6) is 5.75 Å². The first-order chi connectivity index (χ1) is 15.6. The van der Waals surface area contributed by atoms with Gasteiger partial charge in [-0.3, -0.25) is 24.5 Å². The van der Waals surface area contributed by atoms with E-state index in [-0.39, 0.29) is 41.0 Å². The summed E-state index contributed by atoms with van der Waals surface area (Å²) in [5.74, 6) is -1.59. The Morgan fingerprint density at radius 1 is 1.21 bits per heavy atom. The number of nitrogens with two attached hydrogens (primary N) is 1. The highest BCUT2D eigenvalue weighted by molar-refractivity contribution is 9.10. The van der Waals surface area contributed by atoms with Crippen molar-refractivity contribution in [1.82, 2.24) is 19.4 Å². The maximum Gasteiger partial charge on any atom is 0.269 e. The van der Waals surface area contributed by atoms with E-state index in [9.17, 15) is 18.4 Å². The van der Waals surface area contributed by atoms with Crippen molar-refractivity contribution in [2.75, 3.05) is 13.6 Å². The van der Waals surface area contributed by atoms with Crippen molar-refractivity contribution in [1.29, 1.82) is 0 Å². The number of amides is 1. The van der Waals surface area contributed by atoms with E-state index < -0.39 is 17.5 Å². The highest BCUT2D eigenvalue weighted by Gasteiger charge is 2.14. The second-order valence-electron chi connectivity index (χ2n) is 7.52. The fourth-order valence-electron chi connectivity index (χ4n) is 3.12. The van der Waals surface area contributed by atoms with Gasteiger partial charge in [0.05, 0.1) is 36.9 Å². The largest absolute Gasteiger partial charge is 0.487 e. The van der Waals surface area contributed by atoms with Crippen LogP contribution in [0.3, 0.4) is 0 Å². The molecule has 0 saturated carbocycles. The molecule has 0 radical (unpaired) electrons. The van der Waals surface area contributed by atoms with Crippen LogP contribution in [-0.4, -0.2) is 38.9 Å². The van der Waals surface area contributed by atoms with E-state index in [1.165, 1.54) is 10.6 Å². The van der Waals surface area contributed by atoms with Gasteiger partial charge in [-0.05, 0) is 42.0 Å². The Balaban J connectivity index is 1.72. The summed E-state index contributed by atoms with van der Waals surface area (Å²) in [6.45, 7) is 2.26. The number of aryl methyl sites for hydroxylation is 1. The Labute approximate surface area is 197 Å². The molecule has 1 aromatic carbocycles. The van der Waals surface area contributed by atoms with Crippen LogP contribution >= 0.6 is 15.9 Å². The molecule has 2 aromatic heterocycles. The van der Waals surface area contributed by atoms with Crippen molar-refractivity contribution < 1.29 is 18.3 Å². The summed E-state index contributed by atoms with van der Waals surface area (Å²) < 4.78 is 34.2. The van der Waals surface area contributed by atoms with Crippen LogP contribution in [0.1, 0.15) is 22.6 Å². The third-order valence-electron chi connectivity index (χ3n) is 4.75. The molecule has 2 heterocycles. The van der Waals surface area contributed by atoms with Crippen molar-refractivity contribution >= 4 is 21.8 Å². The van der Waals surface area contributed by atoms with Gasteiger partial charge in [-0.1, -0.05) is 0 Å². The summed E-state index contributed by atoms with van der Waals surface area (Å²) in [4.78, 5) is 34.2. The number of hydrogen-bond acceptors (Lipinski definition) is 6. The first-order valence-corrected chi connectivity index (χ1v) is 10.7. The molecule has 2 N–H and O–H groups in total. The topological polar surface area (TPSA) is 103 Å². The minimum atomic E-state index is -0.723. The Hall–Kier alpha value is -3.18. The summed E-state index contributed by atoms with van der Waals surface area (Å²) in [7, 11) is 1.74. The molecule has 174 valence electrons. The Bertz CT molecular complexity index is 1220. The van der Waals surface area contributed by atoms with Crippen LogP contribution < -0.4 is 16.0 Å². The number of halogens is 3. The molecular weight excluding hydrogens is 500 g/mol. The summed E-state index contributed by atoms with van der Waals surface area (Å²) in [5.41, 5.74) is 6.82. The molecule has 0 spiro atoms. The SMILES string of the molecule is Cc1cc(OCc2ccc(F)cc2F)c(Br)c(=O)n1Cc1cnc(CN(C)CC(N)=O)cn1. The lowest BCUT2D eigenvalue weighted by atomic mass is 10.2. The summed E-state index contributed by atoms with van der Waals surface area (Å²) >= 11 is 3.25. The lowest BCUT2D eigenvalue weighted by molar-refractivity contribution is -0.118. The molecule has 0 saturated heterocycles. The third kappa shape index (κ3) is 6.42. The van der Waals surface area contributed by atoms with Crippen molar-refractivity contribution in [3.63, 3.8) is 0 Å². The highest BCUT2D eigenvalue weighted by Crippen LogP contribution is 2.24. The maximum atomic E-state index is 13.8. The molecule has 0 aliphatic rings. The number of primary amides is 1. The van der Waals surface area contributed by atoms with Crippen LogP contribution in [0.4, 0.5) is 8.78 Å². The van der Waals surface area contributed by atoms with E-state index in [0.29, 0.717) is 23.6 Å². The fraction of sp³-hybridized carbons (Fsp3) is 0.273. The zero-order valence-corrected chi connectivity index (χ0v) is 19.6. The van der Waals surface area contributed by atoms with Crippen LogP contribution in [0.15, 0.2) is 45.9 Å². The number of aromatic nitrogens is 3. The van der Waals surface area contributed by atoms with Gasteiger partial charge in [-0.2, -0.15) is 0 Å². The molecule has 3 aromatic rings. The minimum absolute atomic E-state index is 0.105. The van der Waals surface area contributed by atoms with Crippen molar-refractivity contribution in [3.8, 4) is 5.75 Å². The van der Waals surface area contributed by atoms with Gasteiger partial charge in [-0.15, -0.1) is 0 Å². The molecule has 3 rings (SSSR count). The molecule has 33 heavy (non-hydrogen) atoms. The average molecular weight is 522 g/mol. The van der Waals surface area contributed by atoms with Crippen molar-refractivity contribution in [2.45, 2.75) is 26.6 Å². The number of pyridine rings is 1. The Morgan fingerprint density at radius 3 is 2.55 bits per heavy atom. The molecule has 0 aliphatic heterocycles. The number of rotatable bonds is 9. The summed E-state index contributed by atoms with van der Waals surface area (Å²) in [6.07, 6.45) is 3.14. The molecule has 0 fully saturated rings. The van der Waals surface area contributed by atoms with E-state index in [0.717, 1.165) is 12.1 Å². The average Bonchev–Trinajstić information content (AvgIpc) is 2.74. The maximum absolute atomic E-state index is 13.8. The summed E-state index contributed by atoms with van der Waals surface area (Å²) in [5, 5.41) is 0. The van der Waals surface area contributed by atoms with E-state index >= 15 is 0 Å². The van der Waals surface area contributed by atoms with Gasteiger partial charge in [0.2, 0.25) is 5.91 Å². The normalized spacial score (nSPS) is 11.1. The second-order valence-corrected chi connectivity index (χ2v) is 8.31. The zero-order valence-electron chi connectivity index (χ0n) is 18.0. The number of likely N-dealkylation sites (N-methyl/N-ethyl adjacent to an activating group) is 1. The monoisotopic (exact) mass is 521 g/mol. The van der Waals surface area contributed by atoms with Crippen LogP contribution in [0.25, 0.3) is 0 Å². The number of nitrogens with zero attached hydrogens (tertiary/aromatic N) is 4. The quantitative estimate of drug-likeness (QED) is 0.464. The van der Waals surface area contributed by atoms with Crippen LogP contribution in [0.2, 0.25) is 0 Å². The number of ether oxygens (including phenoxy) is 1. The van der Waals surface area contributed by atoms with Crippen LogP contribution in [-0.2, 0) is 24.5 Å². The zero-order chi connectivity index (χ0) is 24.1. The number of carbonyl (C=O) groups excluding carboxylic acids is 1. The smallest absolute Gasteiger partial charge is 0.269 e. The molecule has 11 heteroatoms.